The second kappa shape index (κ2) is 7.45. The number of piperazine rings is 1. The molecule has 1 aromatic carbocycles. The summed E-state index contributed by atoms with van der Waals surface area (Å²) in [6.07, 6.45) is 1.04. The van der Waals surface area contributed by atoms with E-state index in [2.05, 4.69) is 4.90 Å². The minimum Gasteiger partial charge on any atom is -0.396 e. The molecule has 1 aliphatic rings. The van der Waals surface area contributed by atoms with Crippen LogP contribution in [0.5, 0.6) is 0 Å². The molecule has 0 radical (unpaired) electrons. The third kappa shape index (κ3) is 4.57. The van der Waals surface area contributed by atoms with Crippen LogP contribution in [0.2, 0.25) is 5.02 Å². The molecule has 0 unspecified atom stereocenters. The summed E-state index contributed by atoms with van der Waals surface area (Å²) < 4.78 is 25.9. The molecule has 1 fully saturated rings. The van der Waals surface area contributed by atoms with E-state index in [1.165, 1.54) is 0 Å². The van der Waals surface area contributed by atoms with Gasteiger partial charge < -0.3 is 10.0 Å². The number of hydrogen-bond acceptors (Lipinski definition) is 4. The number of halogens is 1. The Morgan fingerprint density at radius 2 is 1.86 bits per heavy atom. The first-order chi connectivity index (χ1) is 10.0. The van der Waals surface area contributed by atoms with Gasteiger partial charge in [-0.15, -0.1) is 0 Å². The molecule has 118 valence electrons. The zero-order chi connectivity index (χ0) is 15.3. The van der Waals surface area contributed by atoms with Crippen LogP contribution in [0.1, 0.15) is 12.8 Å². The lowest BCUT2D eigenvalue weighted by molar-refractivity contribution is 0.286. The molecule has 0 amide bonds. The lowest BCUT2D eigenvalue weighted by atomic mass is 10.2. The summed E-state index contributed by atoms with van der Waals surface area (Å²) in [5, 5.41) is 9.42. The molecule has 0 atom stereocenters. The van der Waals surface area contributed by atoms with Gasteiger partial charge in [-0.25, -0.2) is 8.42 Å². The van der Waals surface area contributed by atoms with E-state index in [0.29, 0.717) is 44.0 Å². The predicted octanol–water partition coefficient (Wildman–Crippen LogP) is 1.56. The predicted molar refractivity (Wildman–Crippen MR) is 85.3 cm³/mol. The van der Waals surface area contributed by atoms with Crippen molar-refractivity contribution in [2.45, 2.75) is 12.8 Å². The maximum atomic E-state index is 12.2. The number of rotatable bonds is 6. The molecule has 0 bridgehead atoms. The first-order valence-corrected chi connectivity index (χ1v) is 9.11. The first-order valence-electron chi connectivity index (χ1n) is 7.12. The molecule has 21 heavy (non-hydrogen) atoms. The minimum atomic E-state index is -3.20. The third-order valence-corrected chi connectivity index (χ3v) is 5.81. The third-order valence-electron chi connectivity index (χ3n) is 3.62. The van der Waals surface area contributed by atoms with E-state index in [1.807, 2.05) is 24.3 Å². The van der Waals surface area contributed by atoms with Crippen LogP contribution < -0.4 is 4.90 Å². The van der Waals surface area contributed by atoms with Gasteiger partial charge in [0.2, 0.25) is 10.0 Å². The van der Waals surface area contributed by atoms with Crippen LogP contribution in [0.25, 0.3) is 0 Å². The summed E-state index contributed by atoms with van der Waals surface area (Å²) in [7, 11) is -3.20. The van der Waals surface area contributed by atoms with Crippen molar-refractivity contribution in [2.75, 3.05) is 43.4 Å². The Labute approximate surface area is 131 Å². The topological polar surface area (TPSA) is 60.9 Å². The van der Waals surface area contributed by atoms with E-state index < -0.39 is 10.0 Å². The molecule has 1 aliphatic heterocycles. The van der Waals surface area contributed by atoms with Gasteiger partial charge in [0.05, 0.1) is 5.75 Å². The monoisotopic (exact) mass is 332 g/mol. The van der Waals surface area contributed by atoms with Crippen molar-refractivity contribution >= 4 is 27.3 Å². The average Bonchev–Trinajstić information content (AvgIpc) is 2.47. The summed E-state index contributed by atoms with van der Waals surface area (Å²) in [4.78, 5) is 2.14. The summed E-state index contributed by atoms with van der Waals surface area (Å²) in [5.41, 5.74) is 1.03. The SMILES string of the molecule is O=S(=O)(CCCCO)N1CCN(c2cccc(Cl)c2)CC1. The van der Waals surface area contributed by atoms with Crippen molar-refractivity contribution in [1.82, 2.24) is 4.31 Å². The maximum absolute atomic E-state index is 12.2. The molecule has 1 saturated heterocycles. The zero-order valence-corrected chi connectivity index (χ0v) is 13.5. The van der Waals surface area contributed by atoms with Crippen LogP contribution in [0.15, 0.2) is 24.3 Å². The molecule has 0 spiro atoms. The Kier molecular flexibility index (Phi) is 5.87. The Hall–Kier alpha value is -0.820. The number of benzene rings is 1. The number of aliphatic hydroxyl groups is 1. The van der Waals surface area contributed by atoms with E-state index in [1.54, 1.807) is 4.31 Å². The largest absolute Gasteiger partial charge is 0.396 e. The first kappa shape index (κ1) is 16.5. The smallest absolute Gasteiger partial charge is 0.214 e. The highest BCUT2D eigenvalue weighted by Crippen LogP contribution is 2.21. The molecular weight excluding hydrogens is 312 g/mol. The van der Waals surface area contributed by atoms with E-state index in [9.17, 15) is 8.42 Å². The van der Waals surface area contributed by atoms with Crippen molar-refractivity contribution in [2.24, 2.45) is 0 Å². The van der Waals surface area contributed by atoms with Gasteiger partial charge >= 0.3 is 0 Å². The highest BCUT2D eigenvalue weighted by atomic mass is 35.5. The quantitative estimate of drug-likeness (QED) is 0.803. The molecule has 0 aliphatic carbocycles. The molecule has 1 heterocycles. The zero-order valence-electron chi connectivity index (χ0n) is 11.9. The van der Waals surface area contributed by atoms with Crippen molar-refractivity contribution in [3.63, 3.8) is 0 Å². The number of nitrogens with zero attached hydrogens (tertiary/aromatic N) is 2. The highest BCUT2D eigenvalue weighted by molar-refractivity contribution is 7.89. The average molecular weight is 333 g/mol. The summed E-state index contributed by atoms with van der Waals surface area (Å²) in [6.45, 7) is 2.36. The Balaban J connectivity index is 1.91. The van der Waals surface area contributed by atoms with Crippen LogP contribution in [-0.2, 0) is 10.0 Å². The van der Waals surface area contributed by atoms with Gasteiger partial charge in [-0.2, -0.15) is 4.31 Å². The normalized spacial score (nSPS) is 17.1. The fraction of sp³-hybridized carbons (Fsp3) is 0.571. The maximum Gasteiger partial charge on any atom is 0.214 e. The number of anilines is 1. The summed E-state index contributed by atoms with van der Waals surface area (Å²) >= 11 is 5.98. The van der Waals surface area contributed by atoms with Crippen molar-refractivity contribution in [3.05, 3.63) is 29.3 Å². The van der Waals surface area contributed by atoms with Crippen LogP contribution >= 0.6 is 11.6 Å². The fourth-order valence-corrected chi connectivity index (χ4v) is 4.15. The van der Waals surface area contributed by atoms with Crippen LogP contribution in [0.3, 0.4) is 0 Å². The van der Waals surface area contributed by atoms with Crippen LogP contribution in [0, 0.1) is 0 Å². The molecule has 0 saturated carbocycles. The second-order valence-corrected chi connectivity index (χ2v) is 7.64. The standard InChI is InChI=1S/C14H21ClN2O3S/c15-13-4-3-5-14(12-13)16-6-8-17(9-7-16)21(19,20)11-2-1-10-18/h3-5,12,18H,1-2,6-11H2. The summed E-state index contributed by atoms with van der Waals surface area (Å²) in [6, 6.07) is 7.60. The molecule has 1 aromatic rings. The molecule has 7 heteroatoms. The molecule has 2 rings (SSSR count). The van der Waals surface area contributed by atoms with Crippen molar-refractivity contribution < 1.29 is 13.5 Å². The second-order valence-electron chi connectivity index (χ2n) is 5.11. The number of sulfonamides is 1. The Bertz CT molecular complexity index is 557. The fourth-order valence-electron chi connectivity index (χ4n) is 2.42. The van der Waals surface area contributed by atoms with Gasteiger partial charge in [0.25, 0.3) is 0 Å². The summed E-state index contributed by atoms with van der Waals surface area (Å²) in [5.74, 6) is 0.116. The van der Waals surface area contributed by atoms with Gasteiger partial charge in [-0.1, -0.05) is 17.7 Å². The van der Waals surface area contributed by atoms with Gasteiger partial charge in [-0.05, 0) is 31.0 Å². The molecule has 0 aromatic heterocycles. The Morgan fingerprint density at radius 1 is 1.14 bits per heavy atom. The van der Waals surface area contributed by atoms with Crippen LogP contribution in [0.4, 0.5) is 5.69 Å². The number of unbranched alkanes of at least 4 members (excludes halogenated alkanes) is 1. The number of hydrogen-bond donors (Lipinski definition) is 1. The van der Waals surface area contributed by atoms with Gasteiger partial charge in [0.15, 0.2) is 0 Å². The highest BCUT2D eigenvalue weighted by Gasteiger charge is 2.26. The molecule has 5 nitrogen and oxygen atoms in total. The van der Waals surface area contributed by atoms with Gasteiger partial charge in [-0.3, -0.25) is 0 Å². The van der Waals surface area contributed by atoms with E-state index >= 15 is 0 Å². The van der Waals surface area contributed by atoms with E-state index in [-0.39, 0.29) is 12.4 Å². The van der Waals surface area contributed by atoms with E-state index in [4.69, 9.17) is 16.7 Å². The van der Waals surface area contributed by atoms with Crippen molar-refractivity contribution in [3.8, 4) is 0 Å². The molecular formula is C14H21ClN2O3S. The minimum absolute atomic E-state index is 0.0397. The Morgan fingerprint density at radius 3 is 2.48 bits per heavy atom. The number of aliphatic hydroxyl groups excluding tert-OH is 1. The van der Waals surface area contributed by atoms with Gasteiger partial charge in [0.1, 0.15) is 0 Å². The van der Waals surface area contributed by atoms with E-state index in [0.717, 1.165) is 5.69 Å². The van der Waals surface area contributed by atoms with Crippen molar-refractivity contribution in [1.29, 1.82) is 0 Å². The molecule has 1 N–H and O–H groups in total. The van der Waals surface area contributed by atoms with Gasteiger partial charge in [0, 0.05) is 43.5 Å². The van der Waals surface area contributed by atoms with Crippen LogP contribution in [-0.4, -0.2) is 56.4 Å². The lowest BCUT2D eigenvalue weighted by Crippen LogP contribution is -2.49. The lowest BCUT2D eigenvalue weighted by Gasteiger charge is -2.35.